The van der Waals surface area contributed by atoms with Crippen LogP contribution in [0.1, 0.15) is 11.5 Å². The van der Waals surface area contributed by atoms with E-state index in [0.717, 1.165) is 0 Å². The molecule has 0 aliphatic rings. The number of hydrogen-bond acceptors (Lipinski definition) is 5. The van der Waals surface area contributed by atoms with E-state index in [1.807, 2.05) is 0 Å². The second-order valence-electron chi connectivity index (χ2n) is 5.54. The van der Waals surface area contributed by atoms with Crippen LogP contribution in [0.15, 0.2) is 42.5 Å². The molecular formula is C18H21O7P. The van der Waals surface area contributed by atoms with Crippen LogP contribution in [0.5, 0.6) is 17.2 Å². The average Bonchev–Trinajstić information content (AvgIpc) is 2.65. The largest absolute Gasteiger partial charge is 0.493 e. The highest BCUT2D eigenvalue weighted by Gasteiger charge is 2.35. The lowest BCUT2D eigenvalue weighted by molar-refractivity contribution is -0.138. The van der Waals surface area contributed by atoms with E-state index >= 15 is 0 Å². The molecule has 0 heterocycles. The third-order valence-electron chi connectivity index (χ3n) is 3.99. The third-order valence-corrected chi connectivity index (χ3v) is 5.96. The molecule has 7 nitrogen and oxygen atoms in total. The zero-order chi connectivity index (χ0) is 19.3. The van der Waals surface area contributed by atoms with Gasteiger partial charge in [0.15, 0.2) is 11.5 Å². The Hall–Kier alpha value is -2.50. The summed E-state index contributed by atoms with van der Waals surface area (Å²) in [4.78, 5) is 22.4. The summed E-state index contributed by atoms with van der Waals surface area (Å²) in [5.74, 6) is -1.75. The van der Waals surface area contributed by atoms with Crippen molar-refractivity contribution in [3.05, 3.63) is 48.0 Å². The highest BCUT2D eigenvalue weighted by atomic mass is 31.2. The van der Waals surface area contributed by atoms with E-state index in [-0.39, 0.29) is 16.8 Å². The highest BCUT2D eigenvalue weighted by molar-refractivity contribution is 7.66. The molecule has 2 unspecified atom stereocenters. The maximum absolute atomic E-state index is 13.1. The van der Waals surface area contributed by atoms with Crippen LogP contribution < -0.4 is 19.5 Å². The van der Waals surface area contributed by atoms with Gasteiger partial charge in [0.1, 0.15) is 0 Å². The fraction of sp³-hybridized carbons (Fsp3) is 0.278. The van der Waals surface area contributed by atoms with Crippen LogP contribution >= 0.6 is 7.37 Å². The van der Waals surface area contributed by atoms with Crippen molar-refractivity contribution in [2.24, 2.45) is 0 Å². The van der Waals surface area contributed by atoms with Gasteiger partial charge in [0.05, 0.1) is 32.6 Å². The van der Waals surface area contributed by atoms with Crippen molar-refractivity contribution < 1.29 is 33.6 Å². The van der Waals surface area contributed by atoms with E-state index < -0.39 is 25.4 Å². The van der Waals surface area contributed by atoms with Gasteiger partial charge >= 0.3 is 5.97 Å². The van der Waals surface area contributed by atoms with E-state index in [1.54, 1.807) is 30.3 Å². The number of aliphatic carboxylic acids is 1. The molecule has 0 spiro atoms. The Morgan fingerprint density at radius 1 is 1.00 bits per heavy atom. The van der Waals surface area contributed by atoms with Crippen LogP contribution in [0.2, 0.25) is 0 Å². The monoisotopic (exact) mass is 380 g/mol. The topological polar surface area (TPSA) is 102 Å². The number of carboxylic acids is 1. The fourth-order valence-electron chi connectivity index (χ4n) is 2.72. The van der Waals surface area contributed by atoms with E-state index in [9.17, 15) is 19.4 Å². The molecule has 0 bridgehead atoms. The summed E-state index contributed by atoms with van der Waals surface area (Å²) >= 11 is 0. The Morgan fingerprint density at radius 3 is 2.12 bits per heavy atom. The second kappa shape index (κ2) is 8.25. The molecule has 140 valence electrons. The number of carboxylic acid groups (broad SMARTS) is 1. The summed E-state index contributed by atoms with van der Waals surface area (Å²) < 4.78 is 28.7. The smallest absolute Gasteiger partial charge is 0.311 e. The average molecular weight is 380 g/mol. The van der Waals surface area contributed by atoms with Crippen LogP contribution in [0.3, 0.4) is 0 Å². The summed E-state index contributed by atoms with van der Waals surface area (Å²) in [5.41, 5.74) is 0.453. The molecule has 0 aromatic heterocycles. The lowest BCUT2D eigenvalue weighted by atomic mass is 10.0. The first kappa shape index (κ1) is 19.8. The maximum atomic E-state index is 13.1. The second-order valence-corrected chi connectivity index (χ2v) is 7.79. The van der Waals surface area contributed by atoms with Gasteiger partial charge < -0.3 is 24.2 Å². The van der Waals surface area contributed by atoms with Gasteiger partial charge in [-0.3, -0.25) is 9.36 Å². The van der Waals surface area contributed by atoms with Crippen LogP contribution in [0, 0.1) is 0 Å². The van der Waals surface area contributed by atoms with Gasteiger partial charge in [0, 0.05) is 6.16 Å². The van der Waals surface area contributed by atoms with Gasteiger partial charge in [-0.15, -0.1) is 0 Å². The summed E-state index contributed by atoms with van der Waals surface area (Å²) in [6.07, 6.45) is -0.474. The Morgan fingerprint density at radius 2 is 1.62 bits per heavy atom. The Bertz CT molecular complexity index is 820. The summed E-state index contributed by atoms with van der Waals surface area (Å²) in [7, 11) is 0.0749. The lowest BCUT2D eigenvalue weighted by Crippen LogP contribution is -2.21. The SMILES string of the molecule is COc1ccc(P(=O)(O)CC(C(=O)O)c2ccccc2)c(OC)c1OC. The number of ether oxygens (including phenoxy) is 3. The number of carbonyl (C=O) groups is 1. The first-order chi connectivity index (χ1) is 12.4. The van der Waals surface area contributed by atoms with Crippen molar-refractivity contribution >= 4 is 18.6 Å². The molecule has 0 saturated heterocycles. The van der Waals surface area contributed by atoms with Crippen LogP contribution in [0.4, 0.5) is 0 Å². The third kappa shape index (κ3) is 4.00. The van der Waals surface area contributed by atoms with Crippen LogP contribution in [-0.2, 0) is 9.36 Å². The molecule has 0 radical (unpaired) electrons. The summed E-state index contributed by atoms with van der Waals surface area (Å²) in [6.45, 7) is 0. The molecule has 0 amide bonds. The zero-order valence-corrected chi connectivity index (χ0v) is 15.6. The quantitative estimate of drug-likeness (QED) is 0.678. The Labute approximate surface area is 151 Å². The molecule has 8 heteroatoms. The minimum Gasteiger partial charge on any atom is -0.493 e. The minimum atomic E-state index is -4.09. The molecule has 2 N–H and O–H groups in total. The number of benzene rings is 2. The van der Waals surface area contributed by atoms with Crippen LogP contribution in [-0.4, -0.2) is 43.5 Å². The van der Waals surface area contributed by atoms with Crippen molar-refractivity contribution in [2.75, 3.05) is 27.5 Å². The van der Waals surface area contributed by atoms with Crippen molar-refractivity contribution in [3.63, 3.8) is 0 Å². The van der Waals surface area contributed by atoms with Crippen molar-refractivity contribution in [3.8, 4) is 17.2 Å². The molecule has 0 aliphatic carbocycles. The standard InChI is InChI=1S/C18H21O7P/c1-23-14-9-10-15(17(25-3)16(14)24-2)26(21,22)11-13(18(19)20)12-7-5-4-6-8-12/h4-10,13H,11H2,1-3H3,(H,19,20)(H,21,22). The summed E-state index contributed by atoms with van der Waals surface area (Å²) in [6, 6.07) is 11.2. The lowest BCUT2D eigenvalue weighted by Gasteiger charge is -2.21. The van der Waals surface area contributed by atoms with Gasteiger partial charge in [-0.25, -0.2) is 0 Å². The zero-order valence-electron chi connectivity index (χ0n) is 14.7. The van der Waals surface area contributed by atoms with Crippen molar-refractivity contribution in [1.82, 2.24) is 0 Å². The number of methoxy groups -OCH3 is 3. The van der Waals surface area contributed by atoms with Crippen molar-refractivity contribution in [2.45, 2.75) is 5.92 Å². The molecule has 2 aromatic carbocycles. The molecule has 2 atom stereocenters. The Balaban J connectivity index is 2.49. The van der Waals surface area contributed by atoms with Crippen LogP contribution in [0.25, 0.3) is 0 Å². The predicted molar refractivity (Wildman–Crippen MR) is 97.2 cm³/mol. The van der Waals surface area contributed by atoms with E-state index in [4.69, 9.17) is 14.2 Å². The van der Waals surface area contributed by atoms with Gasteiger partial charge in [-0.1, -0.05) is 30.3 Å². The first-order valence-electron chi connectivity index (χ1n) is 7.74. The van der Waals surface area contributed by atoms with Gasteiger partial charge in [-0.05, 0) is 17.7 Å². The van der Waals surface area contributed by atoms with E-state index in [2.05, 4.69) is 0 Å². The fourth-order valence-corrected chi connectivity index (χ4v) is 4.59. The molecule has 26 heavy (non-hydrogen) atoms. The molecular weight excluding hydrogens is 359 g/mol. The van der Waals surface area contributed by atoms with Gasteiger partial charge in [-0.2, -0.15) is 0 Å². The molecule has 0 aliphatic heterocycles. The van der Waals surface area contributed by atoms with E-state index in [0.29, 0.717) is 11.3 Å². The minimum absolute atomic E-state index is 0.0140. The maximum Gasteiger partial charge on any atom is 0.311 e. The first-order valence-corrected chi connectivity index (χ1v) is 9.59. The number of hydrogen-bond donors (Lipinski definition) is 2. The molecule has 0 fully saturated rings. The number of rotatable bonds is 8. The van der Waals surface area contributed by atoms with E-state index in [1.165, 1.54) is 33.5 Å². The molecule has 2 aromatic rings. The van der Waals surface area contributed by atoms with Crippen molar-refractivity contribution in [1.29, 1.82) is 0 Å². The molecule has 2 rings (SSSR count). The molecule has 0 saturated carbocycles. The highest BCUT2D eigenvalue weighted by Crippen LogP contribution is 2.50. The van der Waals surface area contributed by atoms with Gasteiger partial charge in [0.25, 0.3) is 0 Å². The summed E-state index contributed by atoms with van der Waals surface area (Å²) in [5, 5.41) is 9.52. The normalized spacial score (nSPS) is 14.2. The van der Waals surface area contributed by atoms with Gasteiger partial charge in [0.2, 0.25) is 13.1 Å². The predicted octanol–water partition coefficient (Wildman–Crippen LogP) is 2.48. The Kier molecular flexibility index (Phi) is 6.29.